The summed E-state index contributed by atoms with van der Waals surface area (Å²) >= 11 is 3.60. The first-order valence-corrected chi connectivity index (χ1v) is 7.22. The molecule has 1 rings (SSSR count). The Hall–Kier alpha value is -0.380. The van der Waals surface area contributed by atoms with Gasteiger partial charge in [-0.2, -0.15) is 0 Å². The minimum absolute atomic E-state index is 0.255. The van der Waals surface area contributed by atoms with Gasteiger partial charge >= 0.3 is 0 Å². The van der Waals surface area contributed by atoms with Crippen LogP contribution in [0.25, 0.3) is 0 Å². The summed E-state index contributed by atoms with van der Waals surface area (Å²) in [4.78, 5) is 0. The number of ether oxygens (including phenoxy) is 1. The molecule has 1 unspecified atom stereocenters. The van der Waals surface area contributed by atoms with E-state index in [1.165, 1.54) is 10.0 Å². The minimum Gasteiger partial charge on any atom is -0.385 e. The molecule has 0 spiro atoms. The lowest BCUT2D eigenvalue weighted by Gasteiger charge is -2.27. The van der Waals surface area contributed by atoms with E-state index in [1.807, 2.05) is 6.07 Å². The van der Waals surface area contributed by atoms with Crippen molar-refractivity contribution in [1.29, 1.82) is 0 Å². The Balaban J connectivity index is 2.51. The maximum absolute atomic E-state index is 5.15. The van der Waals surface area contributed by atoms with E-state index in [2.05, 4.69) is 60.2 Å². The summed E-state index contributed by atoms with van der Waals surface area (Å²) in [6.45, 7) is 8.54. The van der Waals surface area contributed by atoms with E-state index >= 15 is 0 Å². The summed E-state index contributed by atoms with van der Waals surface area (Å²) in [5, 5.41) is 3.60. The second-order valence-corrected chi connectivity index (χ2v) is 6.39. The van der Waals surface area contributed by atoms with Gasteiger partial charge in [0.05, 0.1) is 0 Å². The quantitative estimate of drug-likeness (QED) is 0.816. The molecular weight excluding hydrogens is 290 g/mol. The van der Waals surface area contributed by atoms with Gasteiger partial charge in [0.1, 0.15) is 0 Å². The molecule has 0 heterocycles. The first kappa shape index (κ1) is 15.7. The van der Waals surface area contributed by atoms with Crippen LogP contribution >= 0.6 is 15.9 Å². The van der Waals surface area contributed by atoms with E-state index in [-0.39, 0.29) is 5.41 Å². The third-order valence-electron chi connectivity index (χ3n) is 3.24. The molecule has 102 valence electrons. The van der Waals surface area contributed by atoms with Crippen molar-refractivity contribution in [1.82, 2.24) is 5.32 Å². The second-order valence-electron chi connectivity index (χ2n) is 5.53. The van der Waals surface area contributed by atoms with Crippen LogP contribution in [0, 0.1) is 5.41 Å². The van der Waals surface area contributed by atoms with Crippen molar-refractivity contribution in [3.05, 3.63) is 34.3 Å². The summed E-state index contributed by atoms with van der Waals surface area (Å²) < 4.78 is 6.32. The molecule has 0 aliphatic rings. The molecule has 0 aliphatic carbocycles. The van der Waals surface area contributed by atoms with Crippen LogP contribution in [0.2, 0.25) is 0 Å². The predicted octanol–water partition coefficient (Wildman–Crippen LogP) is 4.16. The molecule has 1 N–H and O–H groups in total. The molecule has 0 radical (unpaired) electrons. The zero-order valence-electron chi connectivity index (χ0n) is 11.8. The molecule has 0 fully saturated rings. The fourth-order valence-electron chi connectivity index (χ4n) is 1.83. The Morgan fingerprint density at radius 2 is 2.00 bits per heavy atom. The zero-order valence-corrected chi connectivity index (χ0v) is 13.4. The van der Waals surface area contributed by atoms with Crippen LogP contribution in [0.5, 0.6) is 0 Å². The second kappa shape index (κ2) is 7.27. The van der Waals surface area contributed by atoms with Crippen molar-refractivity contribution in [2.75, 3.05) is 20.3 Å². The van der Waals surface area contributed by atoms with Crippen LogP contribution in [0.4, 0.5) is 0 Å². The number of nitrogens with one attached hydrogen (secondary N) is 1. The minimum atomic E-state index is 0.255. The average Bonchev–Trinajstić information content (AvgIpc) is 2.34. The van der Waals surface area contributed by atoms with Crippen LogP contribution in [0.3, 0.4) is 0 Å². The summed E-state index contributed by atoms with van der Waals surface area (Å²) in [7, 11) is 1.76. The smallest absolute Gasteiger partial charge is 0.0467 e. The molecule has 2 nitrogen and oxygen atoms in total. The molecular formula is C15H24BrNO. The molecule has 3 heteroatoms. The Morgan fingerprint density at radius 3 is 2.61 bits per heavy atom. The summed E-state index contributed by atoms with van der Waals surface area (Å²) in [6.07, 6.45) is 1.07. The Labute approximate surface area is 119 Å². The van der Waals surface area contributed by atoms with Gasteiger partial charge < -0.3 is 10.1 Å². The first-order valence-electron chi connectivity index (χ1n) is 6.43. The zero-order chi connectivity index (χ0) is 13.6. The monoisotopic (exact) mass is 313 g/mol. The highest BCUT2D eigenvalue weighted by Crippen LogP contribution is 2.25. The van der Waals surface area contributed by atoms with E-state index < -0.39 is 0 Å². The van der Waals surface area contributed by atoms with Gasteiger partial charge in [0.2, 0.25) is 0 Å². The maximum atomic E-state index is 5.15. The highest BCUT2D eigenvalue weighted by molar-refractivity contribution is 9.10. The Bertz CT molecular complexity index is 365. The van der Waals surface area contributed by atoms with Gasteiger partial charge in [-0.05, 0) is 30.4 Å². The molecule has 0 saturated heterocycles. The third kappa shape index (κ3) is 5.09. The SMILES string of the molecule is COCCC(C)(C)CNC(C)c1ccccc1Br. The lowest BCUT2D eigenvalue weighted by molar-refractivity contribution is 0.149. The van der Waals surface area contributed by atoms with Gasteiger partial charge in [-0.15, -0.1) is 0 Å². The standard InChI is InChI=1S/C15H24BrNO/c1-12(13-7-5-6-8-14(13)16)17-11-15(2,3)9-10-18-4/h5-8,12,17H,9-11H2,1-4H3. The predicted molar refractivity (Wildman–Crippen MR) is 80.8 cm³/mol. The van der Waals surface area contributed by atoms with Gasteiger partial charge in [0.25, 0.3) is 0 Å². The van der Waals surface area contributed by atoms with Crippen LogP contribution in [0.15, 0.2) is 28.7 Å². The van der Waals surface area contributed by atoms with E-state index in [0.717, 1.165) is 19.6 Å². The molecule has 1 aromatic carbocycles. The van der Waals surface area contributed by atoms with E-state index in [0.29, 0.717) is 6.04 Å². The van der Waals surface area contributed by atoms with E-state index in [1.54, 1.807) is 7.11 Å². The van der Waals surface area contributed by atoms with Crippen LogP contribution in [-0.2, 0) is 4.74 Å². The van der Waals surface area contributed by atoms with Crippen molar-refractivity contribution in [3.8, 4) is 0 Å². The van der Waals surface area contributed by atoms with Gasteiger partial charge in [0.15, 0.2) is 0 Å². The van der Waals surface area contributed by atoms with Crippen molar-refractivity contribution in [3.63, 3.8) is 0 Å². The summed E-state index contributed by atoms with van der Waals surface area (Å²) in [5.41, 5.74) is 1.56. The van der Waals surface area contributed by atoms with E-state index in [9.17, 15) is 0 Å². The average molecular weight is 314 g/mol. The molecule has 1 atom stereocenters. The first-order chi connectivity index (χ1) is 8.46. The molecule has 0 amide bonds. The van der Waals surface area contributed by atoms with E-state index in [4.69, 9.17) is 4.74 Å². The number of hydrogen-bond donors (Lipinski definition) is 1. The molecule has 18 heavy (non-hydrogen) atoms. The lowest BCUT2D eigenvalue weighted by atomic mass is 9.89. The summed E-state index contributed by atoms with van der Waals surface area (Å²) in [6, 6.07) is 8.72. The largest absolute Gasteiger partial charge is 0.385 e. The fourth-order valence-corrected chi connectivity index (χ4v) is 2.46. The van der Waals surface area contributed by atoms with Crippen LogP contribution in [-0.4, -0.2) is 20.3 Å². The van der Waals surface area contributed by atoms with Crippen molar-refractivity contribution < 1.29 is 4.74 Å². The normalized spacial score (nSPS) is 13.6. The Morgan fingerprint density at radius 1 is 1.33 bits per heavy atom. The molecule has 0 aromatic heterocycles. The molecule has 0 aliphatic heterocycles. The number of halogens is 1. The molecule has 0 saturated carbocycles. The number of benzene rings is 1. The van der Waals surface area contributed by atoms with Gasteiger partial charge in [-0.3, -0.25) is 0 Å². The highest BCUT2D eigenvalue weighted by Gasteiger charge is 2.19. The van der Waals surface area contributed by atoms with Gasteiger partial charge in [-0.25, -0.2) is 0 Å². The fraction of sp³-hybridized carbons (Fsp3) is 0.600. The van der Waals surface area contributed by atoms with Gasteiger partial charge in [0, 0.05) is 30.8 Å². The number of methoxy groups -OCH3 is 1. The number of rotatable bonds is 7. The van der Waals surface area contributed by atoms with Crippen LogP contribution in [0.1, 0.15) is 38.8 Å². The maximum Gasteiger partial charge on any atom is 0.0467 e. The third-order valence-corrected chi connectivity index (χ3v) is 3.96. The summed E-state index contributed by atoms with van der Waals surface area (Å²) in [5.74, 6) is 0. The van der Waals surface area contributed by atoms with Crippen LogP contribution < -0.4 is 5.32 Å². The van der Waals surface area contributed by atoms with Crippen molar-refractivity contribution in [2.45, 2.75) is 33.2 Å². The Kier molecular flexibility index (Phi) is 6.33. The molecule has 0 bridgehead atoms. The molecule has 1 aromatic rings. The highest BCUT2D eigenvalue weighted by atomic mass is 79.9. The van der Waals surface area contributed by atoms with Crippen molar-refractivity contribution in [2.24, 2.45) is 5.41 Å². The topological polar surface area (TPSA) is 21.3 Å². The van der Waals surface area contributed by atoms with Gasteiger partial charge in [-0.1, -0.05) is 48.0 Å². The lowest BCUT2D eigenvalue weighted by Crippen LogP contribution is -2.32. The number of hydrogen-bond acceptors (Lipinski definition) is 2. The van der Waals surface area contributed by atoms with Crippen molar-refractivity contribution >= 4 is 15.9 Å².